The molecule has 2 unspecified atom stereocenters. The number of thioether (sulfide) groups is 1. The zero-order chi connectivity index (χ0) is 15.4. The first-order valence-corrected chi connectivity index (χ1v) is 8.18. The molecule has 2 amide bonds. The maximum Gasteiger partial charge on any atom is 0.354 e. The van der Waals surface area contributed by atoms with E-state index < -0.39 is 5.97 Å². The summed E-state index contributed by atoms with van der Waals surface area (Å²) in [5.41, 5.74) is 1.01. The van der Waals surface area contributed by atoms with Crippen LogP contribution in [0.5, 0.6) is 0 Å². The highest BCUT2D eigenvalue weighted by Crippen LogP contribution is 2.30. The quantitative estimate of drug-likeness (QED) is 0.672. The molecule has 2 atom stereocenters. The number of aromatic carboxylic acids is 1. The Morgan fingerprint density at radius 2 is 2.24 bits per heavy atom. The highest BCUT2D eigenvalue weighted by Gasteiger charge is 2.28. The van der Waals surface area contributed by atoms with Crippen LogP contribution in [0.3, 0.4) is 0 Å². The number of aromatic amines is 1. The molecule has 1 aromatic rings. The van der Waals surface area contributed by atoms with Crippen molar-refractivity contribution in [3.8, 4) is 0 Å². The van der Waals surface area contributed by atoms with E-state index in [-0.39, 0.29) is 17.8 Å². The van der Waals surface area contributed by atoms with Gasteiger partial charge in [0.25, 0.3) is 0 Å². The van der Waals surface area contributed by atoms with Crippen molar-refractivity contribution >= 4 is 29.4 Å². The maximum atomic E-state index is 12.1. The second-order valence-corrected chi connectivity index (χ2v) is 6.69. The first kappa shape index (κ1) is 15.8. The molecule has 7 heteroatoms. The number of anilines is 1. The largest absolute Gasteiger partial charge is 0.477 e. The lowest BCUT2D eigenvalue weighted by Gasteiger charge is -2.20. The molecular formula is C14H21N3O3S. The number of carboxylic acids is 1. The molecule has 1 aromatic heterocycles. The molecule has 0 spiro atoms. The summed E-state index contributed by atoms with van der Waals surface area (Å²) in [7, 11) is 0. The van der Waals surface area contributed by atoms with E-state index in [0.717, 1.165) is 25.0 Å². The Morgan fingerprint density at radius 3 is 2.90 bits per heavy atom. The van der Waals surface area contributed by atoms with Gasteiger partial charge in [-0.2, -0.15) is 11.8 Å². The smallest absolute Gasteiger partial charge is 0.354 e. The van der Waals surface area contributed by atoms with Crippen LogP contribution in [0.1, 0.15) is 42.4 Å². The van der Waals surface area contributed by atoms with E-state index >= 15 is 0 Å². The van der Waals surface area contributed by atoms with E-state index in [9.17, 15) is 9.59 Å². The van der Waals surface area contributed by atoms with Crippen LogP contribution < -0.4 is 10.6 Å². The van der Waals surface area contributed by atoms with Gasteiger partial charge in [0.15, 0.2) is 0 Å². The summed E-state index contributed by atoms with van der Waals surface area (Å²) in [6.45, 7) is 3.86. The summed E-state index contributed by atoms with van der Waals surface area (Å²) in [4.78, 5) is 25.9. The fraction of sp³-hybridized carbons (Fsp3) is 0.571. The van der Waals surface area contributed by atoms with Crippen molar-refractivity contribution in [1.82, 2.24) is 10.3 Å². The highest BCUT2D eigenvalue weighted by molar-refractivity contribution is 7.99. The summed E-state index contributed by atoms with van der Waals surface area (Å²) >= 11 is 1.86. The van der Waals surface area contributed by atoms with Gasteiger partial charge in [0, 0.05) is 17.0 Å². The zero-order valence-electron chi connectivity index (χ0n) is 12.2. The maximum absolute atomic E-state index is 12.1. The minimum atomic E-state index is -1.08. The van der Waals surface area contributed by atoms with Crippen molar-refractivity contribution < 1.29 is 14.7 Å². The van der Waals surface area contributed by atoms with Gasteiger partial charge in [-0.15, -0.1) is 0 Å². The van der Waals surface area contributed by atoms with Crippen LogP contribution in [0.15, 0.2) is 6.07 Å². The first-order valence-electron chi connectivity index (χ1n) is 7.13. The third-order valence-electron chi connectivity index (χ3n) is 3.56. The number of carbonyl (C=O) groups excluding carboxylic acids is 1. The number of urea groups is 1. The van der Waals surface area contributed by atoms with E-state index in [4.69, 9.17) is 5.11 Å². The number of amides is 2. The number of aryl methyl sites for hydroxylation is 1. The summed E-state index contributed by atoms with van der Waals surface area (Å²) in [5.74, 6) is -0.0522. The predicted octanol–water partition coefficient (Wildman–Crippen LogP) is 2.82. The lowest BCUT2D eigenvalue weighted by atomic mass is 10.2. The van der Waals surface area contributed by atoms with Crippen molar-refractivity contribution in [2.45, 2.75) is 44.4 Å². The Bertz CT molecular complexity index is 530. The van der Waals surface area contributed by atoms with Crippen LogP contribution >= 0.6 is 11.8 Å². The fourth-order valence-corrected chi connectivity index (χ4v) is 3.89. The monoisotopic (exact) mass is 311 g/mol. The molecule has 6 nitrogen and oxygen atoms in total. The summed E-state index contributed by atoms with van der Waals surface area (Å²) in [5, 5.41) is 15.1. The normalized spacial score (nSPS) is 21.2. The van der Waals surface area contributed by atoms with E-state index in [0.29, 0.717) is 16.6 Å². The van der Waals surface area contributed by atoms with Gasteiger partial charge in [-0.05, 0) is 31.6 Å². The topological polar surface area (TPSA) is 94.2 Å². The molecule has 116 valence electrons. The zero-order valence-corrected chi connectivity index (χ0v) is 13.0. The molecule has 1 heterocycles. The van der Waals surface area contributed by atoms with Gasteiger partial charge in [0.1, 0.15) is 5.69 Å². The standard InChI is InChI=1S/C14H21N3O3S/c1-3-21-11-6-4-5-9(11)16-14(20)17-10-7-8(2)15-12(10)13(18)19/h7,9,11,15H,3-6H2,1-2H3,(H,18,19)(H2,16,17,20). The molecule has 4 N–H and O–H groups in total. The number of H-pyrrole nitrogens is 1. The van der Waals surface area contributed by atoms with Crippen LogP contribution in [-0.2, 0) is 0 Å². The molecule has 2 rings (SSSR count). The Morgan fingerprint density at radius 1 is 1.48 bits per heavy atom. The van der Waals surface area contributed by atoms with E-state index in [1.54, 1.807) is 13.0 Å². The average Bonchev–Trinajstić information content (AvgIpc) is 2.97. The molecule has 1 fully saturated rings. The van der Waals surface area contributed by atoms with E-state index in [2.05, 4.69) is 22.5 Å². The third-order valence-corrected chi connectivity index (χ3v) is 4.89. The highest BCUT2D eigenvalue weighted by atomic mass is 32.2. The molecule has 0 aliphatic heterocycles. The molecule has 0 saturated heterocycles. The van der Waals surface area contributed by atoms with Gasteiger partial charge in [-0.25, -0.2) is 9.59 Å². The van der Waals surface area contributed by atoms with Gasteiger partial charge < -0.3 is 20.7 Å². The Hall–Kier alpha value is -1.63. The number of hydrogen-bond acceptors (Lipinski definition) is 3. The fourth-order valence-electron chi connectivity index (χ4n) is 2.69. The molecule has 21 heavy (non-hydrogen) atoms. The number of carboxylic acid groups (broad SMARTS) is 1. The molecule has 1 saturated carbocycles. The molecule has 0 aromatic carbocycles. The van der Waals surface area contributed by atoms with Crippen molar-refractivity contribution in [3.63, 3.8) is 0 Å². The van der Waals surface area contributed by atoms with Crippen LogP contribution in [0, 0.1) is 6.92 Å². The second-order valence-electron chi connectivity index (χ2n) is 5.18. The molecule has 0 radical (unpaired) electrons. The van der Waals surface area contributed by atoms with Gasteiger partial charge >= 0.3 is 12.0 Å². The number of carbonyl (C=O) groups is 2. The SMILES string of the molecule is CCSC1CCCC1NC(=O)Nc1cc(C)[nH]c1C(=O)O. The first-order chi connectivity index (χ1) is 10.0. The molecule has 0 bridgehead atoms. The van der Waals surface area contributed by atoms with E-state index in [1.165, 1.54) is 0 Å². The number of hydrogen-bond donors (Lipinski definition) is 4. The molecule has 1 aliphatic rings. The molecular weight excluding hydrogens is 290 g/mol. The minimum Gasteiger partial charge on any atom is -0.477 e. The van der Waals surface area contributed by atoms with Crippen LogP contribution in [-0.4, -0.2) is 39.1 Å². The van der Waals surface area contributed by atoms with Gasteiger partial charge in [0.2, 0.25) is 0 Å². The van der Waals surface area contributed by atoms with E-state index in [1.807, 2.05) is 11.8 Å². The Kier molecular flexibility index (Phi) is 5.17. The lowest BCUT2D eigenvalue weighted by molar-refractivity contribution is 0.0692. The van der Waals surface area contributed by atoms with Crippen molar-refractivity contribution in [1.29, 1.82) is 0 Å². The Labute approximate surface area is 128 Å². The van der Waals surface area contributed by atoms with Gasteiger partial charge in [-0.1, -0.05) is 13.3 Å². The average molecular weight is 311 g/mol. The second kappa shape index (κ2) is 6.89. The van der Waals surface area contributed by atoms with Crippen molar-refractivity contribution in [2.75, 3.05) is 11.1 Å². The minimum absolute atomic E-state index is 0.00792. The van der Waals surface area contributed by atoms with Gasteiger partial charge in [0.05, 0.1) is 5.69 Å². The summed E-state index contributed by atoms with van der Waals surface area (Å²) < 4.78 is 0. The predicted molar refractivity (Wildman–Crippen MR) is 84.2 cm³/mol. The Balaban J connectivity index is 1.97. The van der Waals surface area contributed by atoms with Crippen LogP contribution in [0.2, 0.25) is 0 Å². The molecule has 1 aliphatic carbocycles. The number of aromatic nitrogens is 1. The lowest BCUT2D eigenvalue weighted by Crippen LogP contribution is -2.41. The number of rotatable bonds is 5. The van der Waals surface area contributed by atoms with Crippen molar-refractivity contribution in [3.05, 3.63) is 17.5 Å². The third kappa shape index (κ3) is 3.93. The van der Waals surface area contributed by atoms with Crippen molar-refractivity contribution in [2.24, 2.45) is 0 Å². The van der Waals surface area contributed by atoms with Crippen LogP contribution in [0.25, 0.3) is 0 Å². The summed E-state index contributed by atoms with van der Waals surface area (Å²) in [6.07, 6.45) is 3.21. The number of nitrogens with one attached hydrogen (secondary N) is 3. The van der Waals surface area contributed by atoms with Crippen LogP contribution in [0.4, 0.5) is 10.5 Å². The van der Waals surface area contributed by atoms with Gasteiger partial charge in [-0.3, -0.25) is 0 Å². The summed E-state index contributed by atoms with van der Waals surface area (Å²) in [6, 6.07) is 1.43.